The number of primary amides is 1. The molecule has 0 bridgehead atoms. The Morgan fingerprint density at radius 3 is 2.81 bits per heavy atom. The average Bonchev–Trinajstić information content (AvgIpc) is 3.24. The van der Waals surface area contributed by atoms with E-state index in [1.807, 2.05) is 6.92 Å². The number of hydrogen-bond donors (Lipinski definition) is 3. The molecule has 2 aromatic heterocycles. The second kappa shape index (κ2) is 8.13. The maximum Gasteiger partial charge on any atom is 0.313 e. The first-order valence-electron chi connectivity index (χ1n) is 9.83. The van der Waals surface area contributed by atoms with Gasteiger partial charge in [-0.2, -0.15) is 5.10 Å². The second-order valence-electron chi connectivity index (χ2n) is 7.74. The molecule has 4 N–H and O–H groups in total. The Kier molecular flexibility index (Phi) is 5.37. The van der Waals surface area contributed by atoms with Gasteiger partial charge in [-0.3, -0.25) is 24.5 Å². The lowest BCUT2D eigenvalue weighted by Gasteiger charge is -2.38. The zero-order valence-corrected chi connectivity index (χ0v) is 16.8. The van der Waals surface area contributed by atoms with Gasteiger partial charge in [0.25, 0.3) is 0 Å². The second-order valence-corrected chi connectivity index (χ2v) is 7.74. The van der Waals surface area contributed by atoms with Gasteiger partial charge in [-0.15, -0.1) is 0 Å². The summed E-state index contributed by atoms with van der Waals surface area (Å²) in [5, 5.41) is 9.36. The molecule has 2 atom stereocenters. The fraction of sp³-hybridized carbons (Fsp3) is 0.286. The standard InChI is InChI=1S/C21H21FN6O3/c1-11-2-5-17(14-3-4-16-15(18(14)22)9-25-27-16)28(10-11)21(31)20(30)26-13-6-12(19(23)29)7-24-8-13/h3-4,6-9,11,17H,2,5,10H2,1H3,(H2,23,29)(H,25,27)(H,26,30)/t11-,17+/m1/s1. The molecule has 3 amide bonds. The predicted molar refractivity (Wildman–Crippen MR) is 110 cm³/mol. The van der Waals surface area contributed by atoms with Crippen molar-refractivity contribution >= 4 is 34.3 Å². The summed E-state index contributed by atoms with van der Waals surface area (Å²) in [6, 6.07) is 4.09. The van der Waals surface area contributed by atoms with Gasteiger partial charge in [0.2, 0.25) is 5.91 Å². The molecule has 1 fully saturated rings. The van der Waals surface area contributed by atoms with E-state index in [9.17, 15) is 14.4 Å². The van der Waals surface area contributed by atoms with Gasteiger partial charge in [-0.05, 0) is 30.9 Å². The number of rotatable bonds is 3. The third-order valence-corrected chi connectivity index (χ3v) is 5.50. The summed E-state index contributed by atoms with van der Waals surface area (Å²) in [5.74, 6) is -2.68. The SMILES string of the molecule is C[C@@H]1CC[C@@H](c2ccc3[nH]ncc3c2F)N(C(=O)C(=O)Nc2cncc(C(N)=O)c2)C1. The molecule has 0 spiro atoms. The molecule has 1 saturated heterocycles. The molecule has 0 unspecified atom stereocenters. The smallest absolute Gasteiger partial charge is 0.313 e. The number of fused-ring (bicyclic) bond motifs is 1. The van der Waals surface area contributed by atoms with E-state index in [0.29, 0.717) is 29.4 Å². The van der Waals surface area contributed by atoms with E-state index in [2.05, 4.69) is 20.5 Å². The van der Waals surface area contributed by atoms with Crippen molar-refractivity contribution in [2.24, 2.45) is 11.7 Å². The minimum atomic E-state index is -0.896. The number of piperidine rings is 1. The number of H-pyrrole nitrogens is 1. The van der Waals surface area contributed by atoms with Gasteiger partial charge < -0.3 is 16.0 Å². The molecule has 1 aliphatic heterocycles. The van der Waals surface area contributed by atoms with Crippen molar-refractivity contribution in [2.75, 3.05) is 11.9 Å². The molecule has 4 rings (SSSR count). The molecule has 0 saturated carbocycles. The van der Waals surface area contributed by atoms with Crippen LogP contribution >= 0.6 is 0 Å². The van der Waals surface area contributed by atoms with Gasteiger partial charge in [-0.1, -0.05) is 13.0 Å². The van der Waals surface area contributed by atoms with Crippen LogP contribution in [0.2, 0.25) is 0 Å². The lowest BCUT2D eigenvalue weighted by Crippen LogP contribution is -2.46. The zero-order valence-electron chi connectivity index (χ0n) is 16.8. The molecule has 31 heavy (non-hydrogen) atoms. The number of nitrogens with zero attached hydrogens (tertiary/aromatic N) is 3. The van der Waals surface area contributed by atoms with Crippen LogP contribution in [0.15, 0.2) is 36.8 Å². The van der Waals surface area contributed by atoms with Gasteiger partial charge in [0, 0.05) is 18.3 Å². The van der Waals surface area contributed by atoms with E-state index in [0.717, 1.165) is 6.42 Å². The molecule has 3 aromatic rings. The van der Waals surface area contributed by atoms with Gasteiger partial charge in [0.05, 0.1) is 40.6 Å². The number of amides is 3. The molecule has 3 heterocycles. The predicted octanol–water partition coefficient (Wildman–Crippen LogP) is 2.13. The number of pyridine rings is 1. The molecule has 0 aliphatic carbocycles. The average molecular weight is 424 g/mol. The van der Waals surface area contributed by atoms with Crippen LogP contribution in [-0.4, -0.2) is 44.3 Å². The highest BCUT2D eigenvalue weighted by Gasteiger charge is 2.36. The fourth-order valence-electron chi connectivity index (χ4n) is 3.92. The molecule has 160 valence electrons. The van der Waals surface area contributed by atoms with Crippen LogP contribution in [0.5, 0.6) is 0 Å². The van der Waals surface area contributed by atoms with Crippen LogP contribution < -0.4 is 11.1 Å². The molecule has 9 nitrogen and oxygen atoms in total. The van der Waals surface area contributed by atoms with E-state index in [4.69, 9.17) is 5.73 Å². The first-order chi connectivity index (χ1) is 14.8. The number of carbonyl (C=O) groups is 3. The highest BCUT2D eigenvalue weighted by molar-refractivity contribution is 6.39. The van der Waals surface area contributed by atoms with Gasteiger partial charge in [0.15, 0.2) is 0 Å². The van der Waals surface area contributed by atoms with Crippen LogP contribution in [0.4, 0.5) is 10.1 Å². The van der Waals surface area contributed by atoms with E-state index in [1.54, 1.807) is 12.1 Å². The fourth-order valence-corrected chi connectivity index (χ4v) is 3.92. The third kappa shape index (κ3) is 3.96. The highest BCUT2D eigenvalue weighted by atomic mass is 19.1. The van der Waals surface area contributed by atoms with Crippen LogP contribution in [0, 0.1) is 11.7 Å². The van der Waals surface area contributed by atoms with E-state index >= 15 is 4.39 Å². The Balaban J connectivity index is 1.60. The van der Waals surface area contributed by atoms with Crippen molar-refractivity contribution in [2.45, 2.75) is 25.8 Å². The maximum atomic E-state index is 15.1. The summed E-state index contributed by atoms with van der Waals surface area (Å²) < 4.78 is 15.1. The first kappa shape index (κ1) is 20.5. The van der Waals surface area contributed by atoms with Crippen LogP contribution in [0.25, 0.3) is 10.9 Å². The van der Waals surface area contributed by atoms with Crippen molar-refractivity contribution in [3.63, 3.8) is 0 Å². The highest BCUT2D eigenvalue weighted by Crippen LogP contribution is 2.36. The molecule has 1 aliphatic rings. The number of aromatic amines is 1. The number of hydrogen-bond acceptors (Lipinski definition) is 5. The van der Waals surface area contributed by atoms with E-state index in [-0.39, 0.29) is 17.2 Å². The van der Waals surface area contributed by atoms with E-state index < -0.39 is 29.6 Å². The maximum absolute atomic E-state index is 15.1. The van der Waals surface area contributed by atoms with Gasteiger partial charge in [-0.25, -0.2) is 4.39 Å². The molecular weight excluding hydrogens is 403 g/mol. The normalized spacial score (nSPS) is 18.7. The van der Waals surface area contributed by atoms with Crippen molar-refractivity contribution in [1.29, 1.82) is 0 Å². The number of nitrogens with one attached hydrogen (secondary N) is 2. The summed E-state index contributed by atoms with van der Waals surface area (Å²) in [5.41, 5.74) is 6.40. The monoisotopic (exact) mass is 424 g/mol. The largest absolute Gasteiger partial charge is 0.366 e. The number of likely N-dealkylation sites (tertiary alicyclic amines) is 1. The Morgan fingerprint density at radius 1 is 1.23 bits per heavy atom. The summed E-state index contributed by atoms with van der Waals surface area (Å²) in [7, 11) is 0. The van der Waals surface area contributed by atoms with Crippen molar-refractivity contribution in [1.82, 2.24) is 20.1 Å². The third-order valence-electron chi connectivity index (χ3n) is 5.50. The number of aromatic nitrogens is 3. The van der Waals surface area contributed by atoms with Crippen LogP contribution in [-0.2, 0) is 9.59 Å². The van der Waals surface area contributed by atoms with Crippen molar-refractivity contribution in [3.05, 3.63) is 53.7 Å². The topological polar surface area (TPSA) is 134 Å². The number of carbonyl (C=O) groups excluding carboxylic acids is 3. The first-order valence-corrected chi connectivity index (χ1v) is 9.83. The Hall–Kier alpha value is -3.82. The Bertz CT molecular complexity index is 1180. The van der Waals surface area contributed by atoms with Crippen LogP contribution in [0.3, 0.4) is 0 Å². The number of benzene rings is 1. The lowest BCUT2D eigenvalue weighted by molar-refractivity contribution is -0.146. The number of nitrogens with two attached hydrogens (primary N) is 1. The van der Waals surface area contributed by atoms with Crippen molar-refractivity contribution < 1.29 is 18.8 Å². The lowest BCUT2D eigenvalue weighted by atomic mass is 9.89. The zero-order chi connectivity index (χ0) is 22.1. The summed E-state index contributed by atoms with van der Waals surface area (Å²) in [6.07, 6.45) is 5.29. The van der Waals surface area contributed by atoms with Crippen molar-refractivity contribution in [3.8, 4) is 0 Å². The van der Waals surface area contributed by atoms with Gasteiger partial charge >= 0.3 is 11.8 Å². The molecule has 0 radical (unpaired) electrons. The minimum Gasteiger partial charge on any atom is -0.366 e. The summed E-state index contributed by atoms with van der Waals surface area (Å²) in [4.78, 5) is 42.3. The Labute approximate surface area is 176 Å². The summed E-state index contributed by atoms with van der Waals surface area (Å²) in [6.45, 7) is 2.30. The number of halogens is 1. The Morgan fingerprint density at radius 2 is 2.03 bits per heavy atom. The van der Waals surface area contributed by atoms with Crippen LogP contribution in [0.1, 0.15) is 41.7 Å². The molecular formula is C21H21FN6O3. The quantitative estimate of drug-likeness (QED) is 0.554. The van der Waals surface area contributed by atoms with E-state index in [1.165, 1.54) is 29.6 Å². The molecule has 10 heteroatoms. The minimum absolute atomic E-state index is 0.102. The van der Waals surface area contributed by atoms with Gasteiger partial charge in [0.1, 0.15) is 5.82 Å². The summed E-state index contributed by atoms with van der Waals surface area (Å²) >= 11 is 0. The molecule has 1 aromatic carbocycles. The number of anilines is 1.